The summed E-state index contributed by atoms with van der Waals surface area (Å²) >= 11 is 0. The molecule has 4 N–H and O–H groups in total. The third kappa shape index (κ3) is 2.57. The van der Waals surface area contributed by atoms with Crippen LogP contribution in [0.15, 0.2) is 12.4 Å². The van der Waals surface area contributed by atoms with Crippen LogP contribution in [0.25, 0.3) is 0 Å². The summed E-state index contributed by atoms with van der Waals surface area (Å²) < 4.78 is 0. The highest BCUT2D eigenvalue weighted by Gasteiger charge is 2.24. The minimum Gasteiger partial charge on any atom is -0.385 e. The zero-order chi connectivity index (χ0) is 13.1. The van der Waals surface area contributed by atoms with Gasteiger partial charge in [0.1, 0.15) is 6.10 Å². The summed E-state index contributed by atoms with van der Waals surface area (Å²) in [4.78, 5) is 21.0. The molecule has 1 aliphatic heterocycles. The van der Waals surface area contributed by atoms with Crippen molar-refractivity contribution in [3.8, 4) is 0 Å². The maximum atomic E-state index is 10.8. The van der Waals surface area contributed by atoms with Gasteiger partial charge in [-0.05, 0) is 12.8 Å². The third-order valence-electron chi connectivity index (χ3n) is 2.98. The second-order valence-electron chi connectivity index (χ2n) is 4.30. The first kappa shape index (κ1) is 12.7. The summed E-state index contributed by atoms with van der Waals surface area (Å²) in [7, 11) is 0. The van der Waals surface area contributed by atoms with E-state index in [0.29, 0.717) is 5.95 Å². The van der Waals surface area contributed by atoms with E-state index in [2.05, 4.69) is 9.97 Å². The highest BCUT2D eigenvalue weighted by Crippen LogP contribution is 2.19. The summed E-state index contributed by atoms with van der Waals surface area (Å²) in [6.07, 6.45) is 2.00. The lowest BCUT2D eigenvalue weighted by Gasteiger charge is -2.17. The lowest BCUT2D eigenvalue weighted by Crippen LogP contribution is -2.34. The molecule has 0 spiro atoms. The number of nitrogens with zero attached hydrogens (tertiary/aromatic N) is 3. The molecule has 2 unspecified atom stereocenters. The van der Waals surface area contributed by atoms with Gasteiger partial charge in [0.25, 0.3) is 0 Å². The van der Waals surface area contributed by atoms with E-state index in [-0.39, 0.29) is 5.56 Å². The van der Waals surface area contributed by atoms with Gasteiger partial charge in [0.2, 0.25) is 11.9 Å². The smallest absolute Gasteiger partial charge is 0.249 e. The van der Waals surface area contributed by atoms with Gasteiger partial charge in [0.05, 0.1) is 0 Å². The molecule has 0 saturated carbocycles. The molecule has 7 nitrogen and oxygen atoms in total. The van der Waals surface area contributed by atoms with Gasteiger partial charge in [0.15, 0.2) is 6.10 Å². The van der Waals surface area contributed by atoms with Crippen LogP contribution in [0.1, 0.15) is 24.5 Å². The van der Waals surface area contributed by atoms with E-state index in [1.54, 1.807) is 0 Å². The van der Waals surface area contributed by atoms with Crippen LogP contribution in [-0.4, -0.2) is 45.3 Å². The summed E-state index contributed by atoms with van der Waals surface area (Å²) in [5, 5.41) is 19.0. The maximum Gasteiger partial charge on any atom is 0.249 e. The van der Waals surface area contributed by atoms with E-state index in [0.717, 1.165) is 25.9 Å². The number of anilines is 1. The lowest BCUT2D eigenvalue weighted by atomic mass is 10.1. The fraction of sp³-hybridized carbons (Fsp3) is 0.545. The largest absolute Gasteiger partial charge is 0.385 e. The molecule has 2 heterocycles. The number of carbonyl (C=O) groups excluding carboxylic acids is 1. The fourth-order valence-electron chi connectivity index (χ4n) is 1.90. The number of carbonyl (C=O) groups is 1. The molecule has 98 valence electrons. The van der Waals surface area contributed by atoms with Crippen LogP contribution >= 0.6 is 0 Å². The second-order valence-corrected chi connectivity index (χ2v) is 4.30. The first-order valence-electron chi connectivity index (χ1n) is 5.82. The predicted octanol–water partition coefficient (Wildman–Crippen LogP) is -1.04. The van der Waals surface area contributed by atoms with Gasteiger partial charge in [-0.3, -0.25) is 4.79 Å². The minimum atomic E-state index is -1.65. The van der Waals surface area contributed by atoms with Crippen LogP contribution in [0.4, 0.5) is 5.95 Å². The molecule has 7 heteroatoms. The highest BCUT2D eigenvalue weighted by molar-refractivity contribution is 5.79. The van der Waals surface area contributed by atoms with Gasteiger partial charge in [0, 0.05) is 31.0 Å². The van der Waals surface area contributed by atoms with Crippen molar-refractivity contribution < 1.29 is 15.0 Å². The van der Waals surface area contributed by atoms with E-state index in [1.807, 2.05) is 4.90 Å². The normalized spacial score (nSPS) is 18.7. The molecule has 1 aromatic heterocycles. The number of aliphatic hydroxyl groups is 2. The highest BCUT2D eigenvalue weighted by atomic mass is 16.3. The Bertz CT molecular complexity index is 417. The van der Waals surface area contributed by atoms with Crippen LogP contribution in [0.2, 0.25) is 0 Å². The number of amides is 1. The first-order valence-corrected chi connectivity index (χ1v) is 5.82. The van der Waals surface area contributed by atoms with Gasteiger partial charge in [-0.25, -0.2) is 9.97 Å². The van der Waals surface area contributed by atoms with E-state index in [9.17, 15) is 15.0 Å². The van der Waals surface area contributed by atoms with E-state index in [1.165, 1.54) is 12.4 Å². The molecule has 2 rings (SSSR count). The Morgan fingerprint density at radius 2 is 1.83 bits per heavy atom. The van der Waals surface area contributed by atoms with Crippen molar-refractivity contribution in [1.82, 2.24) is 9.97 Å². The summed E-state index contributed by atoms with van der Waals surface area (Å²) in [5.74, 6) is -0.386. The average molecular weight is 252 g/mol. The van der Waals surface area contributed by atoms with Crippen LogP contribution < -0.4 is 10.6 Å². The Hall–Kier alpha value is -1.73. The molecule has 0 radical (unpaired) electrons. The van der Waals surface area contributed by atoms with Gasteiger partial charge in [-0.1, -0.05) is 0 Å². The zero-order valence-corrected chi connectivity index (χ0v) is 9.86. The van der Waals surface area contributed by atoms with Crippen molar-refractivity contribution in [2.24, 2.45) is 5.73 Å². The van der Waals surface area contributed by atoms with E-state index >= 15 is 0 Å². The topological polar surface area (TPSA) is 113 Å². The molecule has 0 aliphatic carbocycles. The third-order valence-corrected chi connectivity index (χ3v) is 2.98. The molecule has 0 bridgehead atoms. The second kappa shape index (κ2) is 5.28. The average Bonchev–Trinajstić information content (AvgIpc) is 2.91. The lowest BCUT2D eigenvalue weighted by molar-refractivity contribution is -0.132. The van der Waals surface area contributed by atoms with Crippen LogP contribution in [0.5, 0.6) is 0 Å². The van der Waals surface area contributed by atoms with Gasteiger partial charge < -0.3 is 20.8 Å². The van der Waals surface area contributed by atoms with Crippen molar-refractivity contribution in [2.45, 2.75) is 25.0 Å². The van der Waals surface area contributed by atoms with Crippen molar-refractivity contribution in [3.05, 3.63) is 18.0 Å². The number of nitrogens with two attached hydrogens (primary N) is 1. The number of hydrogen-bond acceptors (Lipinski definition) is 6. The summed E-state index contributed by atoms with van der Waals surface area (Å²) in [6, 6.07) is 0. The molecule has 1 saturated heterocycles. The molecular weight excluding hydrogens is 236 g/mol. The van der Waals surface area contributed by atoms with Crippen molar-refractivity contribution in [1.29, 1.82) is 0 Å². The zero-order valence-electron chi connectivity index (χ0n) is 9.86. The number of hydrogen-bond donors (Lipinski definition) is 3. The number of primary amides is 1. The van der Waals surface area contributed by atoms with E-state index in [4.69, 9.17) is 5.73 Å². The SMILES string of the molecule is NC(=O)C(O)C(O)c1cnc(N2CCCC2)nc1. The summed E-state index contributed by atoms with van der Waals surface area (Å²) in [5.41, 5.74) is 5.17. The van der Waals surface area contributed by atoms with Crippen LogP contribution in [0.3, 0.4) is 0 Å². The van der Waals surface area contributed by atoms with Gasteiger partial charge >= 0.3 is 0 Å². The predicted molar refractivity (Wildman–Crippen MR) is 63.6 cm³/mol. The first-order chi connectivity index (χ1) is 8.59. The van der Waals surface area contributed by atoms with Crippen LogP contribution in [-0.2, 0) is 4.79 Å². The molecular formula is C11H16N4O3. The summed E-state index contributed by atoms with van der Waals surface area (Å²) in [6.45, 7) is 1.84. The van der Waals surface area contributed by atoms with Gasteiger partial charge in [-0.15, -0.1) is 0 Å². The quantitative estimate of drug-likeness (QED) is 0.630. The number of aliphatic hydroxyl groups excluding tert-OH is 2. The Balaban J connectivity index is 2.09. The Morgan fingerprint density at radius 3 is 2.33 bits per heavy atom. The van der Waals surface area contributed by atoms with Crippen molar-refractivity contribution in [3.63, 3.8) is 0 Å². The standard InChI is InChI=1S/C11H16N4O3/c12-10(18)9(17)8(16)7-5-13-11(14-6-7)15-3-1-2-4-15/h5-6,8-9,16-17H,1-4H2,(H2,12,18). The molecule has 1 amide bonds. The molecule has 2 atom stereocenters. The molecule has 1 aliphatic rings. The Kier molecular flexibility index (Phi) is 3.73. The Labute approximate surface area is 104 Å². The molecule has 0 aromatic carbocycles. The fourth-order valence-corrected chi connectivity index (χ4v) is 1.90. The van der Waals surface area contributed by atoms with Crippen molar-refractivity contribution in [2.75, 3.05) is 18.0 Å². The van der Waals surface area contributed by atoms with Gasteiger partial charge in [-0.2, -0.15) is 0 Å². The molecule has 1 aromatic rings. The number of rotatable bonds is 4. The Morgan fingerprint density at radius 1 is 1.28 bits per heavy atom. The minimum absolute atomic E-state index is 0.268. The van der Waals surface area contributed by atoms with Crippen molar-refractivity contribution >= 4 is 11.9 Å². The maximum absolute atomic E-state index is 10.8. The number of aromatic nitrogens is 2. The van der Waals surface area contributed by atoms with E-state index < -0.39 is 18.1 Å². The molecule has 18 heavy (non-hydrogen) atoms. The monoisotopic (exact) mass is 252 g/mol. The van der Waals surface area contributed by atoms with Crippen LogP contribution in [0, 0.1) is 0 Å². The molecule has 1 fully saturated rings.